The van der Waals surface area contributed by atoms with Gasteiger partial charge >= 0.3 is 0 Å². The van der Waals surface area contributed by atoms with Crippen LogP contribution in [0.2, 0.25) is 0 Å². The molecule has 0 N–H and O–H groups in total. The lowest BCUT2D eigenvalue weighted by Crippen LogP contribution is -2.13. The predicted molar refractivity (Wildman–Crippen MR) is 81.9 cm³/mol. The monoisotopic (exact) mass is 283 g/mol. The number of fused-ring (bicyclic) bond motifs is 1. The van der Waals surface area contributed by atoms with Gasteiger partial charge < -0.3 is 18.8 Å². The summed E-state index contributed by atoms with van der Waals surface area (Å²) < 4.78 is 16.0. The predicted octanol–water partition coefficient (Wildman–Crippen LogP) is 3.75. The van der Waals surface area contributed by atoms with Crippen LogP contribution in [0.5, 0.6) is 11.5 Å². The minimum absolute atomic E-state index is 0.750. The first-order chi connectivity index (χ1) is 10.3. The number of furan rings is 1. The smallest absolute Gasteiger partial charge is 0.161 e. The lowest BCUT2D eigenvalue weighted by molar-refractivity contribution is 0.353. The van der Waals surface area contributed by atoms with Gasteiger partial charge in [0.1, 0.15) is 5.76 Å². The zero-order valence-electron chi connectivity index (χ0n) is 12.1. The fraction of sp³-hybridized carbons (Fsp3) is 0.176. The van der Waals surface area contributed by atoms with Crippen molar-refractivity contribution in [3.8, 4) is 11.5 Å². The molecule has 0 bridgehead atoms. The Bertz CT molecular complexity index is 672. The molecule has 1 aliphatic heterocycles. The van der Waals surface area contributed by atoms with E-state index in [2.05, 4.69) is 11.0 Å². The maximum atomic E-state index is 5.36. The second-order valence-electron chi connectivity index (χ2n) is 4.73. The summed E-state index contributed by atoms with van der Waals surface area (Å²) in [5.74, 6) is 2.34. The van der Waals surface area contributed by atoms with Gasteiger partial charge in [0.05, 0.1) is 20.5 Å². The number of hydrogen-bond acceptors (Lipinski definition) is 4. The normalized spacial score (nSPS) is 13.5. The second kappa shape index (κ2) is 5.79. The molecule has 2 heterocycles. The molecule has 0 saturated heterocycles. The highest BCUT2D eigenvalue weighted by Crippen LogP contribution is 2.33. The van der Waals surface area contributed by atoms with Gasteiger partial charge in [-0.2, -0.15) is 0 Å². The van der Waals surface area contributed by atoms with E-state index in [-0.39, 0.29) is 0 Å². The van der Waals surface area contributed by atoms with Gasteiger partial charge in [-0.15, -0.1) is 0 Å². The molecule has 108 valence electrons. The third kappa shape index (κ3) is 2.79. The molecule has 1 aromatic carbocycles. The van der Waals surface area contributed by atoms with E-state index in [1.807, 2.05) is 42.7 Å². The first-order valence-electron chi connectivity index (χ1n) is 6.70. The van der Waals surface area contributed by atoms with Crippen molar-refractivity contribution < 1.29 is 13.9 Å². The van der Waals surface area contributed by atoms with Gasteiger partial charge in [0.25, 0.3) is 0 Å². The van der Waals surface area contributed by atoms with E-state index in [0.717, 1.165) is 29.4 Å². The average molecular weight is 283 g/mol. The summed E-state index contributed by atoms with van der Waals surface area (Å²) in [6.07, 6.45) is 9.70. The summed E-state index contributed by atoms with van der Waals surface area (Å²) in [5.41, 5.74) is 2.34. The van der Waals surface area contributed by atoms with Crippen LogP contribution < -0.4 is 9.47 Å². The van der Waals surface area contributed by atoms with Crippen LogP contribution in [0.15, 0.2) is 47.3 Å². The molecule has 0 fully saturated rings. The molecule has 0 unspecified atom stereocenters. The van der Waals surface area contributed by atoms with Crippen LogP contribution >= 0.6 is 0 Å². The van der Waals surface area contributed by atoms with Crippen LogP contribution in [0.25, 0.3) is 12.2 Å². The molecule has 0 spiro atoms. The Kier molecular flexibility index (Phi) is 3.69. The van der Waals surface area contributed by atoms with Gasteiger partial charge in [0.2, 0.25) is 0 Å². The molecule has 21 heavy (non-hydrogen) atoms. The van der Waals surface area contributed by atoms with Crippen LogP contribution in [0.3, 0.4) is 0 Å². The van der Waals surface area contributed by atoms with Gasteiger partial charge in [0, 0.05) is 18.9 Å². The van der Waals surface area contributed by atoms with Crippen LogP contribution in [0, 0.1) is 0 Å². The van der Waals surface area contributed by atoms with Crippen LogP contribution in [0.1, 0.15) is 16.9 Å². The van der Waals surface area contributed by atoms with E-state index >= 15 is 0 Å². The van der Waals surface area contributed by atoms with Gasteiger partial charge in [-0.1, -0.05) is 0 Å². The summed E-state index contributed by atoms with van der Waals surface area (Å²) in [6.45, 7) is 0.781. The molecule has 2 aromatic rings. The van der Waals surface area contributed by atoms with Crippen molar-refractivity contribution in [2.75, 3.05) is 14.2 Å². The number of nitrogens with zero attached hydrogens (tertiary/aromatic N) is 1. The largest absolute Gasteiger partial charge is 0.493 e. The number of methoxy groups -OCH3 is 2. The topological polar surface area (TPSA) is 34.8 Å². The highest BCUT2D eigenvalue weighted by atomic mass is 16.5. The summed E-state index contributed by atoms with van der Waals surface area (Å²) in [5, 5.41) is 0. The van der Waals surface area contributed by atoms with Crippen LogP contribution in [-0.2, 0) is 6.54 Å². The molecule has 1 aromatic heterocycles. The summed E-state index contributed by atoms with van der Waals surface area (Å²) in [7, 11) is 3.30. The molecular formula is C17H17NO3. The molecular weight excluding hydrogens is 266 g/mol. The third-order valence-corrected chi connectivity index (χ3v) is 3.42. The zero-order valence-corrected chi connectivity index (χ0v) is 12.1. The number of benzene rings is 1. The van der Waals surface area contributed by atoms with Crippen LogP contribution in [-0.4, -0.2) is 19.1 Å². The van der Waals surface area contributed by atoms with Crippen molar-refractivity contribution in [2.24, 2.45) is 0 Å². The van der Waals surface area contributed by atoms with Crippen molar-refractivity contribution in [1.82, 2.24) is 4.90 Å². The van der Waals surface area contributed by atoms with E-state index in [1.165, 1.54) is 5.56 Å². The Morgan fingerprint density at radius 1 is 1.19 bits per heavy atom. The molecule has 4 heteroatoms. The Labute approximate surface area is 123 Å². The standard InChI is InChI=1S/C17H17NO3/c1-19-16-10-13-5-7-18(8-6-15-4-3-9-21-15)12-14(13)11-17(16)20-2/h3-11H,12H2,1-2H3. The minimum Gasteiger partial charge on any atom is -0.493 e. The zero-order chi connectivity index (χ0) is 14.7. The quantitative estimate of drug-likeness (QED) is 0.856. The molecule has 3 rings (SSSR count). The third-order valence-electron chi connectivity index (χ3n) is 3.42. The second-order valence-corrected chi connectivity index (χ2v) is 4.73. The Morgan fingerprint density at radius 3 is 2.71 bits per heavy atom. The lowest BCUT2D eigenvalue weighted by Gasteiger charge is -2.23. The highest BCUT2D eigenvalue weighted by Gasteiger charge is 2.14. The van der Waals surface area contributed by atoms with Crippen molar-refractivity contribution in [3.63, 3.8) is 0 Å². The first kappa shape index (κ1) is 13.4. The summed E-state index contributed by atoms with van der Waals surface area (Å²) >= 11 is 0. The number of ether oxygens (including phenoxy) is 2. The molecule has 1 aliphatic rings. The first-order valence-corrected chi connectivity index (χ1v) is 6.70. The highest BCUT2D eigenvalue weighted by molar-refractivity contribution is 5.62. The molecule has 0 radical (unpaired) electrons. The fourth-order valence-corrected chi connectivity index (χ4v) is 2.31. The number of rotatable bonds is 4. The molecule has 0 aliphatic carbocycles. The molecule has 0 amide bonds. The van der Waals surface area contributed by atoms with Crippen molar-refractivity contribution in [2.45, 2.75) is 6.54 Å². The van der Waals surface area contributed by atoms with Gasteiger partial charge in [-0.25, -0.2) is 0 Å². The van der Waals surface area contributed by atoms with E-state index in [0.29, 0.717) is 0 Å². The van der Waals surface area contributed by atoms with E-state index in [4.69, 9.17) is 13.9 Å². The van der Waals surface area contributed by atoms with Crippen molar-refractivity contribution in [3.05, 3.63) is 59.8 Å². The minimum atomic E-state index is 0.750. The maximum Gasteiger partial charge on any atom is 0.161 e. The fourth-order valence-electron chi connectivity index (χ4n) is 2.31. The Hall–Kier alpha value is -2.62. The number of hydrogen-bond donors (Lipinski definition) is 0. The summed E-state index contributed by atoms with van der Waals surface area (Å²) in [6, 6.07) is 7.81. The van der Waals surface area contributed by atoms with Gasteiger partial charge in [0.15, 0.2) is 11.5 Å². The summed E-state index contributed by atoms with van der Waals surface area (Å²) in [4.78, 5) is 2.09. The molecule has 0 saturated carbocycles. The Morgan fingerprint density at radius 2 is 2.00 bits per heavy atom. The lowest BCUT2D eigenvalue weighted by atomic mass is 10.0. The van der Waals surface area contributed by atoms with E-state index in [9.17, 15) is 0 Å². The van der Waals surface area contributed by atoms with Crippen LogP contribution in [0.4, 0.5) is 0 Å². The van der Waals surface area contributed by atoms with E-state index < -0.39 is 0 Å². The van der Waals surface area contributed by atoms with E-state index in [1.54, 1.807) is 20.5 Å². The van der Waals surface area contributed by atoms with Crippen molar-refractivity contribution in [1.29, 1.82) is 0 Å². The molecule has 0 atom stereocenters. The Balaban J connectivity index is 1.82. The SMILES string of the molecule is COc1cc2c(cc1OC)CN(C=Cc1ccco1)C=C2. The maximum absolute atomic E-state index is 5.36. The van der Waals surface area contributed by atoms with Gasteiger partial charge in [-0.05, 0) is 47.5 Å². The molecule has 4 nitrogen and oxygen atoms in total. The van der Waals surface area contributed by atoms with Gasteiger partial charge in [-0.3, -0.25) is 0 Å². The average Bonchev–Trinajstić information content (AvgIpc) is 3.04. The van der Waals surface area contributed by atoms with Crippen molar-refractivity contribution >= 4 is 12.2 Å².